The number of H-pyrrole nitrogens is 1. The van der Waals surface area contributed by atoms with Crippen LogP contribution in [0.25, 0.3) is 22.2 Å². The number of nitrogens with zero attached hydrogens (tertiary/aromatic N) is 2. The Balaban J connectivity index is 2.29. The summed E-state index contributed by atoms with van der Waals surface area (Å²) in [6.07, 6.45) is 1.26. The second-order valence-electron chi connectivity index (χ2n) is 8.46. The van der Waals surface area contributed by atoms with Crippen molar-refractivity contribution in [3.8, 4) is 11.1 Å². The number of aromatic nitrogens is 2. The van der Waals surface area contributed by atoms with E-state index in [4.69, 9.17) is 4.74 Å². The number of pyridine rings is 1. The molecule has 0 amide bonds. The van der Waals surface area contributed by atoms with Gasteiger partial charge in [0, 0.05) is 34.1 Å². The van der Waals surface area contributed by atoms with Crippen molar-refractivity contribution in [2.24, 2.45) is 0 Å². The van der Waals surface area contributed by atoms with Gasteiger partial charge in [-0.1, -0.05) is 31.8 Å². The monoisotopic (exact) mass is 411 g/mol. The lowest BCUT2D eigenvalue weighted by Gasteiger charge is -2.17. The molecule has 0 aliphatic rings. The lowest BCUT2D eigenvalue weighted by atomic mass is 10.0. The molecule has 0 bridgehead atoms. The second-order valence-corrected chi connectivity index (χ2v) is 13.5. The van der Waals surface area contributed by atoms with Crippen LogP contribution in [0.1, 0.15) is 29.8 Å². The summed E-state index contributed by atoms with van der Waals surface area (Å²) in [6.45, 7) is 11.9. The minimum atomic E-state index is -1.85. The van der Waals surface area contributed by atoms with E-state index < -0.39 is 14.0 Å². The third kappa shape index (κ3) is 4.07. The lowest BCUT2D eigenvalue weighted by molar-refractivity contribution is -0.385. The third-order valence-corrected chi connectivity index (χ3v) is 6.55. The maximum absolute atomic E-state index is 12.4. The SMILES string of the molecule is Cc1ccc(-c2c([Si](C)(C)C)[nH]c3ncc(C(=O)OC(C)C)cc23)cc1[N+](=O)[O-]. The predicted octanol–water partition coefficient (Wildman–Crippen LogP) is 4.56. The van der Waals surface area contributed by atoms with E-state index in [0.29, 0.717) is 16.8 Å². The lowest BCUT2D eigenvalue weighted by Crippen LogP contribution is -2.39. The van der Waals surface area contributed by atoms with Gasteiger partial charge in [0.2, 0.25) is 0 Å². The molecule has 1 aromatic carbocycles. The number of aryl methyl sites for hydroxylation is 1. The molecule has 3 aromatic rings. The molecule has 0 saturated heterocycles. The summed E-state index contributed by atoms with van der Waals surface area (Å²) in [7, 11) is -1.85. The topological polar surface area (TPSA) is 98.1 Å². The number of rotatable bonds is 5. The smallest absolute Gasteiger partial charge is 0.339 e. The molecule has 0 aliphatic heterocycles. The first-order chi connectivity index (χ1) is 13.5. The molecule has 29 heavy (non-hydrogen) atoms. The maximum Gasteiger partial charge on any atom is 0.339 e. The fraction of sp³-hybridized carbons (Fsp3) is 0.333. The Morgan fingerprint density at radius 1 is 1.24 bits per heavy atom. The summed E-state index contributed by atoms with van der Waals surface area (Å²) in [4.78, 5) is 31.3. The molecular formula is C21H25N3O4Si. The Morgan fingerprint density at radius 2 is 1.93 bits per heavy atom. The Hall–Kier alpha value is -3.00. The van der Waals surface area contributed by atoms with E-state index in [1.807, 2.05) is 6.07 Å². The van der Waals surface area contributed by atoms with Crippen LogP contribution in [0.5, 0.6) is 0 Å². The summed E-state index contributed by atoms with van der Waals surface area (Å²) in [6, 6.07) is 6.99. The van der Waals surface area contributed by atoms with Crippen LogP contribution in [0, 0.1) is 17.0 Å². The van der Waals surface area contributed by atoms with Gasteiger partial charge in [-0.15, -0.1) is 0 Å². The molecule has 0 radical (unpaired) electrons. The van der Waals surface area contributed by atoms with E-state index in [-0.39, 0.29) is 16.7 Å². The molecule has 0 aliphatic carbocycles. The number of fused-ring (bicyclic) bond motifs is 1. The molecule has 0 spiro atoms. The fourth-order valence-corrected chi connectivity index (χ4v) is 4.81. The van der Waals surface area contributed by atoms with Crippen molar-refractivity contribution >= 4 is 36.1 Å². The van der Waals surface area contributed by atoms with E-state index >= 15 is 0 Å². The normalized spacial score (nSPS) is 11.8. The summed E-state index contributed by atoms with van der Waals surface area (Å²) < 4.78 is 5.30. The van der Waals surface area contributed by atoms with Gasteiger partial charge in [-0.25, -0.2) is 9.78 Å². The van der Waals surface area contributed by atoms with Crippen LogP contribution in [-0.2, 0) is 4.74 Å². The van der Waals surface area contributed by atoms with Crippen LogP contribution in [0.15, 0.2) is 30.5 Å². The van der Waals surface area contributed by atoms with Gasteiger partial charge in [-0.3, -0.25) is 10.1 Å². The van der Waals surface area contributed by atoms with Gasteiger partial charge < -0.3 is 9.72 Å². The van der Waals surface area contributed by atoms with Gasteiger partial charge in [0.25, 0.3) is 5.69 Å². The average Bonchev–Trinajstić information content (AvgIpc) is 3.00. The van der Waals surface area contributed by atoms with E-state index in [9.17, 15) is 14.9 Å². The van der Waals surface area contributed by atoms with Crippen LogP contribution >= 0.6 is 0 Å². The number of ether oxygens (including phenoxy) is 1. The summed E-state index contributed by atoms with van der Waals surface area (Å²) >= 11 is 0. The van der Waals surface area contributed by atoms with Crippen molar-refractivity contribution in [1.29, 1.82) is 0 Å². The zero-order valence-corrected chi connectivity index (χ0v) is 18.5. The molecular weight excluding hydrogens is 386 g/mol. The molecule has 0 saturated carbocycles. The first-order valence-electron chi connectivity index (χ1n) is 9.47. The van der Waals surface area contributed by atoms with E-state index in [1.54, 1.807) is 39.0 Å². The van der Waals surface area contributed by atoms with E-state index in [0.717, 1.165) is 21.8 Å². The van der Waals surface area contributed by atoms with Gasteiger partial charge in [-0.2, -0.15) is 0 Å². The number of nitro benzene ring substituents is 1. The number of aromatic amines is 1. The highest BCUT2D eigenvalue weighted by Crippen LogP contribution is 2.32. The molecule has 3 rings (SSSR count). The molecule has 1 N–H and O–H groups in total. The molecule has 0 atom stereocenters. The zero-order chi connectivity index (χ0) is 21.5. The maximum atomic E-state index is 12.4. The van der Waals surface area contributed by atoms with Gasteiger partial charge in [0.1, 0.15) is 5.65 Å². The molecule has 2 aromatic heterocycles. The molecule has 0 fully saturated rings. The van der Waals surface area contributed by atoms with Crippen molar-refractivity contribution in [2.75, 3.05) is 0 Å². The number of nitro groups is 1. The minimum Gasteiger partial charge on any atom is -0.459 e. The predicted molar refractivity (Wildman–Crippen MR) is 116 cm³/mol. The molecule has 0 unspecified atom stereocenters. The van der Waals surface area contributed by atoms with Crippen molar-refractivity contribution in [3.63, 3.8) is 0 Å². The van der Waals surface area contributed by atoms with Crippen LogP contribution in [0.2, 0.25) is 19.6 Å². The highest BCUT2D eigenvalue weighted by atomic mass is 28.3. The summed E-state index contributed by atoms with van der Waals surface area (Å²) in [5, 5.41) is 13.3. The molecule has 7 nitrogen and oxygen atoms in total. The number of carbonyl (C=O) groups excluding carboxylic acids is 1. The van der Waals surface area contributed by atoms with Crippen molar-refractivity contribution in [3.05, 3.63) is 51.7 Å². The van der Waals surface area contributed by atoms with E-state index in [2.05, 4.69) is 29.6 Å². The third-order valence-electron chi connectivity index (χ3n) is 4.67. The van der Waals surface area contributed by atoms with Gasteiger partial charge in [-0.05, 0) is 32.4 Å². The number of hydrogen-bond donors (Lipinski definition) is 1. The van der Waals surface area contributed by atoms with Crippen molar-refractivity contribution < 1.29 is 14.5 Å². The van der Waals surface area contributed by atoms with Crippen LogP contribution in [0.3, 0.4) is 0 Å². The second kappa shape index (κ2) is 7.44. The molecule has 2 heterocycles. The van der Waals surface area contributed by atoms with Crippen molar-refractivity contribution in [1.82, 2.24) is 9.97 Å². The number of nitrogens with one attached hydrogen (secondary N) is 1. The molecule has 8 heteroatoms. The van der Waals surface area contributed by atoms with Gasteiger partial charge in [0.15, 0.2) is 0 Å². The minimum absolute atomic E-state index is 0.0710. The highest BCUT2D eigenvalue weighted by Gasteiger charge is 2.27. The first kappa shape index (κ1) is 20.7. The number of benzene rings is 1. The van der Waals surface area contributed by atoms with Gasteiger partial charge in [0.05, 0.1) is 24.7 Å². The van der Waals surface area contributed by atoms with Crippen LogP contribution in [0.4, 0.5) is 5.69 Å². The van der Waals surface area contributed by atoms with Crippen LogP contribution < -0.4 is 5.32 Å². The Morgan fingerprint density at radius 3 is 2.52 bits per heavy atom. The number of hydrogen-bond acceptors (Lipinski definition) is 5. The molecule has 152 valence electrons. The highest BCUT2D eigenvalue weighted by molar-refractivity contribution is 6.89. The summed E-state index contributed by atoms with van der Waals surface area (Å²) in [5.74, 6) is -0.439. The van der Waals surface area contributed by atoms with E-state index in [1.165, 1.54) is 6.20 Å². The Kier molecular flexibility index (Phi) is 5.31. The largest absolute Gasteiger partial charge is 0.459 e. The number of carbonyl (C=O) groups is 1. The van der Waals surface area contributed by atoms with Crippen LogP contribution in [-0.4, -0.2) is 35.0 Å². The quantitative estimate of drug-likeness (QED) is 0.287. The zero-order valence-electron chi connectivity index (χ0n) is 17.5. The standard InChI is InChI=1S/C21H25N3O4Si/c1-12(2)28-21(25)15-9-16-18(14-8-7-13(3)17(10-14)24(26)27)20(29(4,5)6)23-19(16)22-11-15/h7-12H,1-6H3,(H,22,23). The Labute approximate surface area is 170 Å². The fourth-order valence-electron chi connectivity index (χ4n) is 3.29. The summed E-state index contributed by atoms with van der Waals surface area (Å²) in [5.41, 5.74) is 3.29. The average molecular weight is 412 g/mol. The Bertz CT molecular complexity index is 1110. The van der Waals surface area contributed by atoms with Crippen molar-refractivity contribution in [2.45, 2.75) is 46.5 Å². The first-order valence-corrected chi connectivity index (χ1v) is 13.0. The van der Waals surface area contributed by atoms with Gasteiger partial charge >= 0.3 is 5.97 Å². The number of esters is 1.